The van der Waals surface area contributed by atoms with Crippen LogP contribution in [0.3, 0.4) is 0 Å². The van der Waals surface area contributed by atoms with E-state index in [1.807, 2.05) is 37.3 Å². The van der Waals surface area contributed by atoms with Crippen molar-refractivity contribution >= 4 is 16.7 Å². The van der Waals surface area contributed by atoms with Gasteiger partial charge in [0.2, 0.25) is 0 Å². The Labute approximate surface area is 164 Å². The van der Waals surface area contributed by atoms with Crippen molar-refractivity contribution < 1.29 is 14.3 Å². The number of carbonyl (C=O) groups excluding carboxylic acids is 1. The summed E-state index contributed by atoms with van der Waals surface area (Å²) in [4.78, 5) is 18.8. The third kappa shape index (κ3) is 2.96. The average Bonchev–Trinajstić information content (AvgIpc) is 3.30. The van der Waals surface area contributed by atoms with Gasteiger partial charge in [-0.15, -0.1) is 0 Å². The predicted octanol–water partition coefficient (Wildman–Crippen LogP) is 4.27. The number of nitrogens with one attached hydrogen (secondary N) is 1. The molecule has 0 radical (unpaired) electrons. The third-order valence-corrected chi connectivity index (χ3v) is 5.83. The zero-order chi connectivity index (χ0) is 19.1. The first-order valence-electron chi connectivity index (χ1n) is 9.95. The summed E-state index contributed by atoms with van der Waals surface area (Å²) in [5, 5.41) is 1.01. The van der Waals surface area contributed by atoms with Gasteiger partial charge in [-0.25, -0.2) is 0 Å². The van der Waals surface area contributed by atoms with Gasteiger partial charge in [0.15, 0.2) is 17.3 Å². The summed E-state index contributed by atoms with van der Waals surface area (Å²) in [6.07, 6.45) is 2.15. The van der Waals surface area contributed by atoms with Crippen LogP contribution in [0.2, 0.25) is 0 Å². The summed E-state index contributed by atoms with van der Waals surface area (Å²) in [7, 11) is 0. The molecule has 0 bridgehead atoms. The molecule has 1 fully saturated rings. The summed E-state index contributed by atoms with van der Waals surface area (Å²) >= 11 is 0. The molecule has 0 aliphatic carbocycles. The van der Waals surface area contributed by atoms with E-state index in [0.717, 1.165) is 53.0 Å². The minimum Gasteiger partial charge on any atom is -0.486 e. The number of nitrogens with zero attached hydrogens (tertiary/aromatic N) is 1. The molecule has 3 aromatic rings. The quantitative estimate of drug-likeness (QED) is 0.691. The first kappa shape index (κ1) is 17.3. The molecule has 5 heteroatoms. The number of aromatic amines is 1. The molecule has 28 heavy (non-hydrogen) atoms. The Hall–Kier alpha value is -2.79. The molecule has 1 N–H and O–H groups in total. The molecule has 0 saturated carbocycles. The standard InChI is InChI=1S/C23H24N2O3/c1-15-23(17-5-2-3-6-18(17)24-15)20(26)14-25-10-4-7-19(25)16-8-9-21-22(13-16)28-12-11-27-21/h2-3,5-6,8-9,13,19,24H,4,7,10-12,14H2,1H3. The number of fused-ring (bicyclic) bond motifs is 2. The van der Waals surface area contributed by atoms with Crippen molar-refractivity contribution in [3.05, 3.63) is 59.3 Å². The van der Waals surface area contributed by atoms with Crippen molar-refractivity contribution in [3.8, 4) is 11.5 Å². The lowest BCUT2D eigenvalue weighted by molar-refractivity contribution is 0.0922. The summed E-state index contributed by atoms with van der Waals surface area (Å²) < 4.78 is 11.4. The number of likely N-dealkylation sites (tertiary alicyclic amines) is 1. The number of carbonyl (C=O) groups is 1. The number of hydrogen-bond donors (Lipinski definition) is 1. The van der Waals surface area contributed by atoms with Gasteiger partial charge in [-0.3, -0.25) is 9.69 Å². The minimum absolute atomic E-state index is 0.180. The van der Waals surface area contributed by atoms with Gasteiger partial charge in [0.25, 0.3) is 0 Å². The van der Waals surface area contributed by atoms with Crippen molar-refractivity contribution in [1.82, 2.24) is 9.88 Å². The topological polar surface area (TPSA) is 54.6 Å². The van der Waals surface area contributed by atoms with Crippen molar-refractivity contribution in [2.24, 2.45) is 0 Å². The second kappa shape index (κ2) is 6.99. The van der Waals surface area contributed by atoms with E-state index in [-0.39, 0.29) is 11.8 Å². The number of para-hydroxylation sites is 1. The lowest BCUT2D eigenvalue weighted by atomic mass is 10.0. The molecule has 5 nitrogen and oxygen atoms in total. The summed E-state index contributed by atoms with van der Waals surface area (Å²) in [5.41, 5.74) is 3.99. The SMILES string of the molecule is Cc1[nH]c2ccccc2c1C(=O)CN1CCCC1c1ccc2c(c1)OCCO2. The highest BCUT2D eigenvalue weighted by atomic mass is 16.6. The van der Waals surface area contributed by atoms with Gasteiger partial charge >= 0.3 is 0 Å². The van der Waals surface area contributed by atoms with E-state index in [4.69, 9.17) is 9.47 Å². The molecule has 2 aromatic carbocycles. The van der Waals surface area contributed by atoms with Crippen LogP contribution in [0.15, 0.2) is 42.5 Å². The number of ether oxygens (including phenoxy) is 2. The Morgan fingerprint density at radius 1 is 1.14 bits per heavy atom. The zero-order valence-corrected chi connectivity index (χ0v) is 16.0. The van der Waals surface area contributed by atoms with Gasteiger partial charge in [0.1, 0.15) is 13.2 Å². The first-order chi connectivity index (χ1) is 13.7. The number of ketones is 1. The third-order valence-electron chi connectivity index (χ3n) is 5.83. The van der Waals surface area contributed by atoms with Gasteiger partial charge < -0.3 is 14.5 Å². The number of aromatic nitrogens is 1. The Bertz CT molecular complexity index is 1040. The van der Waals surface area contributed by atoms with E-state index < -0.39 is 0 Å². The van der Waals surface area contributed by atoms with E-state index in [1.165, 1.54) is 5.56 Å². The number of rotatable bonds is 4. The van der Waals surface area contributed by atoms with Gasteiger partial charge in [0, 0.05) is 28.2 Å². The lowest BCUT2D eigenvalue weighted by Crippen LogP contribution is -2.30. The van der Waals surface area contributed by atoms with E-state index in [0.29, 0.717) is 19.8 Å². The maximum atomic E-state index is 13.2. The van der Waals surface area contributed by atoms with Crippen LogP contribution in [-0.2, 0) is 0 Å². The fraction of sp³-hybridized carbons (Fsp3) is 0.348. The fourth-order valence-corrected chi connectivity index (χ4v) is 4.56. The van der Waals surface area contributed by atoms with Crippen LogP contribution in [-0.4, -0.2) is 42.0 Å². The number of H-pyrrole nitrogens is 1. The first-order valence-corrected chi connectivity index (χ1v) is 9.95. The molecule has 0 spiro atoms. The lowest BCUT2D eigenvalue weighted by Gasteiger charge is -2.26. The van der Waals surface area contributed by atoms with E-state index in [2.05, 4.69) is 22.0 Å². The van der Waals surface area contributed by atoms with Crippen LogP contribution in [0.4, 0.5) is 0 Å². The van der Waals surface area contributed by atoms with Crippen LogP contribution < -0.4 is 9.47 Å². The number of Topliss-reactive ketones (excluding diaryl/α,β-unsaturated/α-hetero) is 1. The predicted molar refractivity (Wildman–Crippen MR) is 108 cm³/mol. The zero-order valence-electron chi connectivity index (χ0n) is 16.0. The molecule has 1 aromatic heterocycles. The highest BCUT2D eigenvalue weighted by molar-refractivity contribution is 6.10. The van der Waals surface area contributed by atoms with Crippen LogP contribution in [0.1, 0.15) is 40.5 Å². The Kier molecular flexibility index (Phi) is 4.32. The normalized spacial score (nSPS) is 19.2. The molecular weight excluding hydrogens is 352 g/mol. The molecule has 0 amide bonds. The number of benzene rings is 2. The molecular formula is C23H24N2O3. The van der Waals surface area contributed by atoms with E-state index in [1.54, 1.807) is 0 Å². The molecule has 1 unspecified atom stereocenters. The summed E-state index contributed by atoms with van der Waals surface area (Å²) in [6.45, 7) is 4.53. The van der Waals surface area contributed by atoms with Crippen molar-refractivity contribution in [2.75, 3.05) is 26.3 Å². The maximum Gasteiger partial charge on any atom is 0.179 e. The Morgan fingerprint density at radius 2 is 1.96 bits per heavy atom. The molecule has 3 heterocycles. The van der Waals surface area contributed by atoms with Gasteiger partial charge in [0.05, 0.1) is 6.54 Å². The van der Waals surface area contributed by atoms with Gasteiger partial charge in [-0.2, -0.15) is 0 Å². The molecule has 1 saturated heterocycles. The van der Waals surface area contributed by atoms with Crippen LogP contribution in [0.5, 0.6) is 11.5 Å². The largest absolute Gasteiger partial charge is 0.486 e. The Balaban J connectivity index is 1.40. The van der Waals surface area contributed by atoms with Crippen molar-refractivity contribution in [2.45, 2.75) is 25.8 Å². The van der Waals surface area contributed by atoms with E-state index in [9.17, 15) is 4.79 Å². The monoisotopic (exact) mass is 376 g/mol. The molecule has 144 valence electrons. The van der Waals surface area contributed by atoms with Gasteiger partial charge in [-0.1, -0.05) is 24.3 Å². The molecule has 2 aliphatic rings. The Morgan fingerprint density at radius 3 is 2.86 bits per heavy atom. The minimum atomic E-state index is 0.180. The number of aryl methyl sites for hydroxylation is 1. The fourth-order valence-electron chi connectivity index (χ4n) is 4.56. The van der Waals surface area contributed by atoms with Crippen LogP contribution in [0, 0.1) is 6.92 Å². The average molecular weight is 376 g/mol. The molecule has 1 atom stereocenters. The van der Waals surface area contributed by atoms with Crippen LogP contribution in [0.25, 0.3) is 10.9 Å². The maximum absolute atomic E-state index is 13.2. The van der Waals surface area contributed by atoms with Crippen LogP contribution >= 0.6 is 0 Å². The van der Waals surface area contributed by atoms with Crippen molar-refractivity contribution in [1.29, 1.82) is 0 Å². The highest BCUT2D eigenvalue weighted by Crippen LogP contribution is 2.38. The van der Waals surface area contributed by atoms with Crippen molar-refractivity contribution in [3.63, 3.8) is 0 Å². The van der Waals surface area contributed by atoms with E-state index >= 15 is 0 Å². The highest BCUT2D eigenvalue weighted by Gasteiger charge is 2.30. The molecule has 2 aliphatic heterocycles. The number of hydrogen-bond acceptors (Lipinski definition) is 4. The second-order valence-electron chi connectivity index (χ2n) is 7.63. The summed E-state index contributed by atoms with van der Waals surface area (Å²) in [5.74, 6) is 1.80. The second-order valence-corrected chi connectivity index (χ2v) is 7.63. The summed E-state index contributed by atoms with van der Waals surface area (Å²) in [6, 6.07) is 14.4. The smallest absolute Gasteiger partial charge is 0.179 e. The molecule has 5 rings (SSSR count). The van der Waals surface area contributed by atoms with Gasteiger partial charge in [-0.05, 0) is 50.1 Å².